The maximum absolute atomic E-state index is 9.00. The first-order valence-corrected chi connectivity index (χ1v) is 4.57. The molecule has 0 aliphatic carbocycles. The largest absolute Gasteiger partial charge is 0.340 e. The first-order chi connectivity index (χ1) is 6.66. The van der Waals surface area contributed by atoms with Crippen molar-refractivity contribution in [2.24, 2.45) is 0 Å². The van der Waals surface area contributed by atoms with Gasteiger partial charge >= 0.3 is 0 Å². The minimum absolute atomic E-state index is 0.299. The summed E-state index contributed by atoms with van der Waals surface area (Å²) >= 11 is 6.08. The van der Waals surface area contributed by atoms with E-state index in [1.165, 1.54) is 0 Å². The van der Waals surface area contributed by atoms with E-state index < -0.39 is 0 Å². The third-order valence-electron chi connectivity index (χ3n) is 2.42. The van der Waals surface area contributed by atoms with Crippen molar-refractivity contribution in [2.75, 3.05) is 11.9 Å². The summed E-state index contributed by atoms with van der Waals surface area (Å²) in [7, 11) is 1.86. The Morgan fingerprint density at radius 1 is 1.64 bits per heavy atom. The highest BCUT2D eigenvalue weighted by Gasteiger charge is 2.28. The number of fused-ring (bicyclic) bond motifs is 1. The van der Waals surface area contributed by atoms with E-state index in [1.807, 2.05) is 24.9 Å². The standard InChI is InChI=1S/C9H9ClN4/c1-6-7(5-11)13(2)8-3-4-12-14(8)9(6)10/h3-4,7H,1-2H3/t7-/m1/s1. The molecule has 0 bridgehead atoms. The van der Waals surface area contributed by atoms with Crippen LogP contribution in [0.4, 0.5) is 5.82 Å². The van der Waals surface area contributed by atoms with Crippen LogP contribution in [-0.4, -0.2) is 22.9 Å². The average Bonchev–Trinajstić information content (AvgIpc) is 2.64. The molecule has 0 fully saturated rings. The molecule has 14 heavy (non-hydrogen) atoms. The highest BCUT2D eigenvalue weighted by molar-refractivity contribution is 6.46. The van der Waals surface area contributed by atoms with Crippen LogP contribution in [0.3, 0.4) is 0 Å². The van der Waals surface area contributed by atoms with Crippen molar-refractivity contribution in [2.45, 2.75) is 13.0 Å². The second kappa shape index (κ2) is 3.03. The van der Waals surface area contributed by atoms with E-state index in [0.717, 1.165) is 11.4 Å². The summed E-state index contributed by atoms with van der Waals surface area (Å²) in [6, 6.07) is 3.74. The SMILES string of the molecule is CC1=C(Cl)n2nccc2N(C)[C@@H]1C#N. The minimum atomic E-state index is -0.299. The Balaban J connectivity index is 2.63. The number of aromatic nitrogens is 2. The molecule has 0 amide bonds. The number of nitriles is 1. The molecule has 0 spiro atoms. The zero-order valence-electron chi connectivity index (χ0n) is 7.90. The van der Waals surface area contributed by atoms with Gasteiger partial charge in [0.2, 0.25) is 0 Å². The lowest BCUT2D eigenvalue weighted by Crippen LogP contribution is -2.36. The molecule has 0 saturated carbocycles. The number of nitrogens with zero attached hydrogens (tertiary/aromatic N) is 4. The second-order valence-corrected chi connectivity index (χ2v) is 3.58. The molecule has 1 aliphatic heterocycles. The highest BCUT2D eigenvalue weighted by Crippen LogP contribution is 2.32. The quantitative estimate of drug-likeness (QED) is 0.651. The zero-order valence-corrected chi connectivity index (χ0v) is 8.65. The summed E-state index contributed by atoms with van der Waals surface area (Å²) in [5.41, 5.74) is 0.827. The van der Waals surface area contributed by atoms with Crippen LogP contribution < -0.4 is 4.90 Å². The summed E-state index contributed by atoms with van der Waals surface area (Å²) in [5, 5.41) is 13.6. The van der Waals surface area contributed by atoms with Gasteiger partial charge in [-0.25, -0.2) is 4.68 Å². The molecule has 0 saturated heterocycles. The molecule has 4 nitrogen and oxygen atoms in total. The number of hydrogen-bond donors (Lipinski definition) is 0. The molecule has 2 heterocycles. The van der Waals surface area contributed by atoms with Crippen LogP contribution in [0.5, 0.6) is 0 Å². The van der Waals surface area contributed by atoms with Crippen molar-refractivity contribution in [1.29, 1.82) is 5.26 Å². The molecule has 1 aliphatic rings. The van der Waals surface area contributed by atoms with Crippen LogP contribution in [0.2, 0.25) is 0 Å². The van der Waals surface area contributed by atoms with Gasteiger partial charge in [0, 0.05) is 18.7 Å². The van der Waals surface area contributed by atoms with E-state index in [9.17, 15) is 0 Å². The van der Waals surface area contributed by atoms with Gasteiger partial charge in [0.05, 0.1) is 12.3 Å². The Kier molecular flexibility index (Phi) is 1.97. The molecule has 0 unspecified atom stereocenters. The predicted molar refractivity (Wildman–Crippen MR) is 54.8 cm³/mol. The number of likely N-dealkylation sites (N-methyl/N-ethyl adjacent to an activating group) is 1. The molecule has 0 radical (unpaired) electrons. The van der Waals surface area contributed by atoms with Crippen molar-refractivity contribution in [3.63, 3.8) is 0 Å². The predicted octanol–water partition coefficient (Wildman–Crippen LogP) is 1.65. The van der Waals surface area contributed by atoms with Gasteiger partial charge in [0.1, 0.15) is 17.0 Å². The first kappa shape index (κ1) is 9.10. The topological polar surface area (TPSA) is 44.9 Å². The molecule has 1 atom stereocenters. The summed E-state index contributed by atoms with van der Waals surface area (Å²) in [4.78, 5) is 1.86. The lowest BCUT2D eigenvalue weighted by molar-refractivity contribution is 0.760. The second-order valence-electron chi connectivity index (χ2n) is 3.22. The molecular weight excluding hydrogens is 200 g/mol. The fourth-order valence-electron chi connectivity index (χ4n) is 1.60. The molecule has 0 aromatic carbocycles. The molecular formula is C9H9ClN4. The van der Waals surface area contributed by atoms with Gasteiger partial charge in [0.15, 0.2) is 0 Å². The van der Waals surface area contributed by atoms with E-state index in [-0.39, 0.29) is 6.04 Å². The molecule has 5 heteroatoms. The molecule has 1 aromatic heterocycles. The van der Waals surface area contributed by atoms with Gasteiger partial charge in [-0.1, -0.05) is 11.6 Å². The Morgan fingerprint density at radius 2 is 2.36 bits per heavy atom. The zero-order chi connectivity index (χ0) is 10.3. The Morgan fingerprint density at radius 3 is 3.00 bits per heavy atom. The minimum Gasteiger partial charge on any atom is -0.340 e. The molecule has 0 N–H and O–H groups in total. The van der Waals surface area contributed by atoms with Crippen molar-refractivity contribution < 1.29 is 0 Å². The lowest BCUT2D eigenvalue weighted by atomic mass is 10.1. The highest BCUT2D eigenvalue weighted by atomic mass is 35.5. The van der Waals surface area contributed by atoms with Crippen LogP contribution in [0.1, 0.15) is 6.92 Å². The maximum atomic E-state index is 9.00. The van der Waals surface area contributed by atoms with Crippen molar-refractivity contribution in [3.8, 4) is 6.07 Å². The third kappa shape index (κ3) is 1.03. The Labute approximate surface area is 87.0 Å². The van der Waals surface area contributed by atoms with Gasteiger partial charge in [-0.15, -0.1) is 0 Å². The van der Waals surface area contributed by atoms with Crippen molar-refractivity contribution in [3.05, 3.63) is 17.8 Å². The molecule has 2 rings (SSSR count). The third-order valence-corrected chi connectivity index (χ3v) is 2.87. The first-order valence-electron chi connectivity index (χ1n) is 4.20. The normalized spacial score (nSPS) is 20.7. The summed E-state index contributed by atoms with van der Waals surface area (Å²) < 4.78 is 1.63. The van der Waals surface area contributed by atoms with Gasteiger partial charge in [-0.05, 0) is 6.92 Å². The summed E-state index contributed by atoms with van der Waals surface area (Å²) in [6.45, 7) is 1.84. The Bertz CT molecular complexity index is 440. The Hall–Kier alpha value is -1.47. The van der Waals surface area contributed by atoms with E-state index in [0.29, 0.717) is 5.16 Å². The molecule has 72 valence electrons. The van der Waals surface area contributed by atoms with Crippen LogP contribution in [0.25, 0.3) is 5.16 Å². The summed E-state index contributed by atoms with van der Waals surface area (Å²) in [5.74, 6) is 0.840. The average molecular weight is 209 g/mol. The number of halogens is 1. The number of anilines is 1. The van der Waals surface area contributed by atoms with Crippen molar-refractivity contribution >= 4 is 22.6 Å². The van der Waals surface area contributed by atoms with Gasteiger partial charge in [-0.3, -0.25) is 0 Å². The number of hydrogen-bond acceptors (Lipinski definition) is 3. The smallest absolute Gasteiger partial charge is 0.142 e. The van der Waals surface area contributed by atoms with Gasteiger partial charge in [-0.2, -0.15) is 10.4 Å². The monoisotopic (exact) mass is 208 g/mol. The van der Waals surface area contributed by atoms with Crippen LogP contribution in [0, 0.1) is 11.3 Å². The van der Waals surface area contributed by atoms with Crippen LogP contribution in [-0.2, 0) is 0 Å². The van der Waals surface area contributed by atoms with E-state index in [1.54, 1.807) is 10.9 Å². The van der Waals surface area contributed by atoms with Crippen LogP contribution >= 0.6 is 11.6 Å². The fraction of sp³-hybridized carbons (Fsp3) is 0.333. The van der Waals surface area contributed by atoms with Gasteiger partial charge < -0.3 is 4.90 Å². The van der Waals surface area contributed by atoms with E-state index in [4.69, 9.17) is 16.9 Å². The van der Waals surface area contributed by atoms with Gasteiger partial charge in [0.25, 0.3) is 0 Å². The fourth-order valence-corrected chi connectivity index (χ4v) is 1.83. The van der Waals surface area contributed by atoms with Crippen LogP contribution in [0.15, 0.2) is 17.8 Å². The van der Waals surface area contributed by atoms with E-state index >= 15 is 0 Å². The van der Waals surface area contributed by atoms with Crippen molar-refractivity contribution in [1.82, 2.24) is 9.78 Å². The van der Waals surface area contributed by atoms with E-state index in [2.05, 4.69) is 11.2 Å². The lowest BCUT2D eigenvalue weighted by Gasteiger charge is -2.30. The summed E-state index contributed by atoms with van der Waals surface area (Å²) in [6.07, 6.45) is 1.67. The molecule has 1 aromatic rings. The number of rotatable bonds is 0. The maximum Gasteiger partial charge on any atom is 0.142 e.